The number of rotatable bonds is 13. The first-order valence-electron chi connectivity index (χ1n) is 13.3. The molecule has 12 heteroatoms. The minimum Gasteiger partial charge on any atom is -0.462 e. The summed E-state index contributed by atoms with van der Waals surface area (Å²) in [7, 11) is 1.19. The average molecular weight is 592 g/mol. The van der Waals surface area contributed by atoms with Gasteiger partial charge in [0.1, 0.15) is 6.10 Å². The summed E-state index contributed by atoms with van der Waals surface area (Å²) in [4.78, 5) is 51.9. The van der Waals surface area contributed by atoms with Crippen molar-refractivity contribution < 1.29 is 51.3 Å². The second kappa shape index (κ2) is 13.8. The topological polar surface area (TPSA) is 110 Å². The van der Waals surface area contributed by atoms with Gasteiger partial charge in [-0.15, -0.1) is 0 Å². The summed E-state index contributed by atoms with van der Waals surface area (Å²) in [6, 6.07) is 7.86. The summed E-state index contributed by atoms with van der Waals surface area (Å²) in [6.07, 6.45) is -9.60. The number of amides is 2. The highest BCUT2D eigenvalue weighted by Crippen LogP contribution is 2.39. The van der Waals surface area contributed by atoms with Crippen molar-refractivity contribution >= 4 is 23.8 Å². The highest BCUT2D eigenvalue weighted by Gasteiger charge is 2.52. The second-order valence-corrected chi connectivity index (χ2v) is 11.5. The Morgan fingerprint density at radius 3 is 1.93 bits per heavy atom. The normalized spacial score (nSPS) is 17.8. The molecule has 5 atom stereocenters. The van der Waals surface area contributed by atoms with Crippen LogP contribution in [0.15, 0.2) is 30.3 Å². The lowest BCUT2D eigenvalue weighted by atomic mass is 9.77. The lowest BCUT2D eigenvalue weighted by Crippen LogP contribution is -2.48. The van der Waals surface area contributed by atoms with E-state index in [4.69, 9.17) is 9.47 Å². The van der Waals surface area contributed by atoms with Gasteiger partial charge >= 0.3 is 18.1 Å². The fraction of sp³-hybridized carbons (Fsp3) is 0.655. The zero-order chi connectivity index (χ0) is 32.0. The summed E-state index contributed by atoms with van der Waals surface area (Å²) in [6.45, 7) is 8.81. The van der Waals surface area contributed by atoms with E-state index in [2.05, 4.69) is 0 Å². The Balaban J connectivity index is 3.01. The average Bonchev–Trinajstić information content (AvgIpc) is 2.85. The molecule has 0 fully saturated rings. The van der Waals surface area contributed by atoms with Crippen molar-refractivity contribution in [3.63, 3.8) is 0 Å². The van der Waals surface area contributed by atoms with Gasteiger partial charge in [-0.3, -0.25) is 19.3 Å². The SMILES string of the molecule is CCC(C)(CC(C)(F)C(=O)OC(C)C(=O)N(C)C(=O)c1ccccc1)C(=O)OC(CC(C)C)CC(C)(O)C(F)(F)F. The maximum absolute atomic E-state index is 15.7. The smallest absolute Gasteiger partial charge is 0.417 e. The molecule has 0 aliphatic rings. The van der Waals surface area contributed by atoms with E-state index < -0.39 is 71.7 Å². The molecule has 0 saturated heterocycles. The molecule has 0 bridgehead atoms. The van der Waals surface area contributed by atoms with Crippen molar-refractivity contribution in [3.8, 4) is 0 Å². The van der Waals surface area contributed by atoms with Crippen LogP contribution in [0.3, 0.4) is 0 Å². The number of nitrogens with zero attached hydrogens (tertiary/aromatic N) is 1. The van der Waals surface area contributed by atoms with Gasteiger partial charge in [-0.25, -0.2) is 9.18 Å². The molecule has 0 aliphatic heterocycles. The van der Waals surface area contributed by atoms with E-state index >= 15 is 4.39 Å². The number of halogens is 4. The van der Waals surface area contributed by atoms with Crippen LogP contribution < -0.4 is 0 Å². The molecule has 0 radical (unpaired) electrons. The second-order valence-electron chi connectivity index (χ2n) is 11.5. The molecule has 232 valence electrons. The Morgan fingerprint density at radius 1 is 0.927 bits per heavy atom. The van der Waals surface area contributed by atoms with Crippen LogP contribution >= 0.6 is 0 Å². The molecule has 0 saturated carbocycles. The molecule has 41 heavy (non-hydrogen) atoms. The Bertz CT molecular complexity index is 1070. The number of imide groups is 1. The molecule has 8 nitrogen and oxygen atoms in total. The Labute approximate surface area is 238 Å². The van der Waals surface area contributed by atoms with Crippen molar-refractivity contribution in [2.45, 2.75) is 104 Å². The number of esters is 2. The van der Waals surface area contributed by atoms with Crippen molar-refractivity contribution in [3.05, 3.63) is 35.9 Å². The molecule has 1 aromatic rings. The largest absolute Gasteiger partial charge is 0.462 e. The van der Waals surface area contributed by atoms with E-state index in [9.17, 15) is 37.5 Å². The Kier molecular flexibility index (Phi) is 12.1. The van der Waals surface area contributed by atoms with E-state index in [0.717, 1.165) is 11.8 Å². The standard InChI is InChI=1S/C29H41F4NO7/c1-9-26(5,24(37)41-21(15-18(2)3)16-28(7,39)29(31,32)33)17-27(6,30)25(38)40-19(4)22(35)34(8)23(36)20-13-11-10-12-14-20/h10-14,18-19,21,39H,9,15-17H2,1-8H3. The summed E-state index contributed by atoms with van der Waals surface area (Å²) in [5.41, 5.74) is -7.41. The third kappa shape index (κ3) is 9.79. The molecule has 0 aliphatic carbocycles. The lowest BCUT2D eigenvalue weighted by Gasteiger charge is -2.35. The number of carbonyl (C=O) groups is 4. The predicted octanol–water partition coefficient (Wildman–Crippen LogP) is 5.41. The molecule has 2 amide bonds. The van der Waals surface area contributed by atoms with Gasteiger partial charge in [0, 0.05) is 25.5 Å². The third-order valence-corrected chi connectivity index (χ3v) is 6.95. The molecular formula is C29H41F4NO7. The van der Waals surface area contributed by atoms with Gasteiger partial charge in [-0.1, -0.05) is 39.0 Å². The van der Waals surface area contributed by atoms with Crippen LogP contribution in [0, 0.1) is 11.3 Å². The molecule has 0 aromatic heterocycles. The number of alkyl halides is 4. The molecule has 0 spiro atoms. The first-order valence-corrected chi connectivity index (χ1v) is 13.3. The van der Waals surface area contributed by atoms with Gasteiger partial charge in [-0.2, -0.15) is 13.2 Å². The summed E-state index contributed by atoms with van der Waals surface area (Å²) in [5.74, 6) is -4.28. The summed E-state index contributed by atoms with van der Waals surface area (Å²) >= 11 is 0. The summed E-state index contributed by atoms with van der Waals surface area (Å²) in [5, 5.41) is 9.94. The highest BCUT2D eigenvalue weighted by molar-refractivity contribution is 6.05. The number of ether oxygens (including phenoxy) is 2. The molecule has 1 rings (SSSR count). The third-order valence-electron chi connectivity index (χ3n) is 6.95. The summed E-state index contributed by atoms with van der Waals surface area (Å²) < 4.78 is 65.9. The maximum atomic E-state index is 15.7. The van der Waals surface area contributed by atoms with Crippen LogP contribution in [-0.2, 0) is 23.9 Å². The van der Waals surface area contributed by atoms with E-state index in [1.165, 1.54) is 40.0 Å². The maximum Gasteiger partial charge on any atom is 0.417 e. The van der Waals surface area contributed by atoms with Crippen LogP contribution in [0.2, 0.25) is 0 Å². The van der Waals surface area contributed by atoms with Gasteiger partial charge in [-0.05, 0) is 58.6 Å². The zero-order valence-corrected chi connectivity index (χ0v) is 24.8. The van der Waals surface area contributed by atoms with Crippen LogP contribution in [0.25, 0.3) is 0 Å². The fourth-order valence-electron chi connectivity index (χ4n) is 4.18. The number of benzene rings is 1. The van der Waals surface area contributed by atoms with Crippen molar-refractivity contribution in [2.24, 2.45) is 11.3 Å². The van der Waals surface area contributed by atoms with E-state index in [-0.39, 0.29) is 24.3 Å². The molecule has 1 N–H and O–H groups in total. The molecule has 0 heterocycles. The van der Waals surface area contributed by atoms with Crippen molar-refractivity contribution in [1.82, 2.24) is 4.90 Å². The number of hydrogen-bond acceptors (Lipinski definition) is 7. The van der Waals surface area contributed by atoms with Crippen LogP contribution in [-0.4, -0.2) is 70.5 Å². The number of aliphatic hydroxyl groups is 1. The van der Waals surface area contributed by atoms with Gasteiger partial charge in [0.25, 0.3) is 11.8 Å². The lowest BCUT2D eigenvalue weighted by molar-refractivity contribution is -0.262. The fourth-order valence-corrected chi connectivity index (χ4v) is 4.18. The van der Waals surface area contributed by atoms with Gasteiger partial charge in [0.05, 0.1) is 5.41 Å². The first-order chi connectivity index (χ1) is 18.6. The van der Waals surface area contributed by atoms with E-state index in [0.29, 0.717) is 6.92 Å². The minimum absolute atomic E-state index is 0.00153. The molecule has 1 aromatic carbocycles. The van der Waals surface area contributed by atoms with Crippen LogP contribution in [0.5, 0.6) is 0 Å². The van der Waals surface area contributed by atoms with E-state index in [1.807, 2.05) is 0 Å². The van der Waals surface area contributed by atoms with E-state index in [1.54, 1.807) is 32.0 Å². The van der Waals surface area contributed by atoms with Crippen LogP contribution in [0.1, 0.15) is 84.5 Å². The number of likely N-dealkylation sites (N-methyl/N-ethyl adjacent to an activating group) is 1. The minimum atomic E-state index is -4.97. The first kappa shape index (κ1) is 36.0. The quantitative estimate of drug-likeness (QED) is 0.241. The molecule has 5 unspecified atom stereocenters. The molecular weight excluding hydrogens is 550 g/mol. The number of hydrogen-bond donors (Lipinski definition) is 1. The Hall–Kier alpha value is -3.02. The van der Waals surface area contributed by atoms with Gasteiger partial charge in [0.15, 0.2) is 11.7 Å². The highest BCUT2D eigenvalue weighted by atomic mass is 19.4. The van der Waals surface area contributed by atoms with Gasteiger partial charge < -0.3 is 14.6 Å². The van der Waals surface area contributed by atoms with Crippen LogP contribution in [0.4, 0.5) is 17.6 Å². The predicted molar refractivity (Wildman–Crippen MR) is 142 cm³/mol. The monoisotopic (exact) mass is 591 g/mol. The Morgan fingerprint density at radius 2 is 1.46 bits per heavy atom. The van der Waals surface area contributed by atoms with Crippen molar-refractivity contribution in [2.75, 3.05) is 7.05 Å². The van der Waals surface area contributed by atoms with Crippen molar-refractivity contribution in [1.29, 1.82) is 0 Å². The zero-order valence-electron chi connectivity index (χ0n) is 24.8. The van der Waals surface area contributed by atoms with Gasteiger partial charge in [0.2, 0.25) is 5.67 Å². The number of carbonyl (C=O) groups excluding carboxylic acids is 4.